The molecule has 2 rings (SSSR count). The molecule has 1 aromatic carbocycles. The molecular formula is C26H42O3. The van der Waals surface area contributed by atoms with Crippen molar-refractivity contribution in [3.8, 4) is 5.75 Å². The zero-order valence-corrected chi connectivity index (χ0v) is 18.8. The second-order valence-electron chi connectivity index (χ2n) is 8.50. The lowest BCUT2D eigenvalue weighted by Crippen LogP contribution is -2.28. The Bertz CT molecular complexity index is 552. The third kappa shape index (κ3) is 9.23. The fourth-order valence-electron chi connectivity index (χ4n) is 4.40. The van der Waals surface area contributed by atoms with Crippen LogP contribution in [0.4, 0.5) is 0 Å². The van der Waals surface area contributed by atoms with Crippen LogP contribution in [-0.2, 0) is 9.53 Å². The third-order valence-electron chi connectivity index (χ3n) is 6.09. The molecule has 0 aliphatic heterocycles. The van der Waals surface area contributed by atoms with Gasteiger partial charge in [0, 0.05) is 12.3 Å². The number of ether oxygens (including phenoxy) is 2. The number of carbonyl (C=O) groups is 1. The maximum absolute atomic E-state index is 12.4. The minimum atomic E-state index is -0.00391. The largest absolute Gasteiger partial charge is 0.494 e. The molecule has 0 bridgehead atoms. The number of rotatable bonds is 14. The van der Waals surface area contributed by atoms with E-state index in [4.69, 9.17) is 9.47 Å². The highest BCUT2D eigenvalue weighted by Gasteiger charge is 2.29. The minimum absolute atomic E-state index is 0.00391. The fourth-order valence-corrected chi connectivity index (χ4v) is 4.40. The van der Waals surface area contributed by atoms with E-state index in [1.165, 1.54) is 56.9 Å². The summed E-state index contributed by atoms with van der Waals surface area (Å²) in [4.78, 5) is 12.4. The Kier molecular flexibility index (Phi) is 11.9. The van der Waals surface area contributed by atoms with Crippen LogP contribution in [0, 0.1) is 0 Å². The molecule has 1 saturated carbocycles. The summed E-state index contributed by atoms with van der Waals surface area (Å²) < 4.78 is 11.5. The molecule has 2 atom stereocenters. The van der Waals surface area contributed by atoms with Gasteiger partial charge in [-0.1, -0.05) is 76.8 Å². The molecule has 1 aliphatic carbocycles. The Balaban J connectivity index is 1.68. The quantitative estimate of drug-likeness (QED) is 0.238. The predicted molar refractivity (Wildman–Crippen MR) is 121 cm³/mol. The highest BCUT2D eigenvalue weighted by molar-refractivity contribution is 5.69. The van der Waals surface area contributed by atoms with Crippen molar-refractivity contribution in [2.75, 3.05) is 6.61 Å². The number of benzene rings is 1. The van der Waals surface area contributed by atoms with Crippen LogP contribution in [0.5, 0.6) is 5.75 Å². The standard InChI is InChI=1S/C26H42O3/c1-3-5-6-7-8-9-10-11-12-17-26(27)29-25-16-14-13-15-24(25)22-18-20-23(21-19-22)28-4-2/h18-21,24-25H,3-17H2,1-2H3/t24-,25+/m0/s1. The van der Waals surface area contributed by atoms with Gasteiger partial charge in [0.05, 0.1) is 6.61 Å². The second kappa shape index (κ2) is 14.5. The molecule has 1 fully saturated rings. The summed E-state index contributed by atoms with van der Waals surface area (Å²) in [5.41, 5.74) is 1.27. The van der Waals surface area contributed by atoms with Gasteiger partial charge in [-0.05, 0) is 50.3 Å². The van der Waals surface area contributed by atoms with Gasteiger partial charge in [-0.15, -0.1) is 0 Å². The van der Waals surface area contributed by atoms with Crippen LogP contribution in [0.3, 0.4) is 0 Å². The number of esters is 1. The average molecular weight is 403 g/mol. The second-order valence-corrected chi connectivity index (χ2v) is 8.50. The smallest absolute Gasteiger partial charge is 0.306 e. The van der Waals surface area contributed by atoms with E-state index in [9.17, 15) is 4.79 Å². The molecule has 0 saturated heterocycles. The van der Waals surface area contributed by atoms with E-state index in [2.05, 4.69) is 19.1 Å². The van der Waals surface area contributed by atoms with Crippen LogP contribution in [-0.4, -0.2) is 18.7 Å². The number of hydrogen-bond acceptors (Lipinski definition) is 3. The van der Waals surface area contributed by atoms with Crippen LogP contribution in [0.15, 0.2) is 24.3 Å². The molecule has 0 spiro atoms. The first-order valence-corrected chi connectivity index (χ1v) is 12.2. The van der Waals surface area contributed by atoms with Crippen molar-refractivity contribution in [2.45, 2.75) is 116 Å². The molecule has 0 N–H and O–H groups in total. The van der Waals surface area contributed by atoms with E-state index >= 15 is 0 Å². The maximum Gasteiger partial charge on any atom is 0.306 e. The summed E-state index contributed by atoms with van der Waals surface area (Å²) >= 11 is 0. The summed E-state index contributed by atoms with van der Waals surface area (Å²) in [5, 5.41) is 0. The molecule has 1 aromatic rings. The summed E-state index contributed by atoms with van der Waals surface area (Å²) in [6.45, 7) is 4.94. The lowest BCUT2D eigenvalue weighted by atomic mass is 9.81. The highest BCUT2D eigenvalue weighted by Crippen LogP contribution is 2.36. The average Bonchev–Trinajstić information content (AvgIpc) is 2.74. The molecule has 0 amide bonds. The maximum atomic E-state index is 12.4. The van der Waals surface area contributed by atoms with Crippen LogP contribution >= 0.6 is 0 Å². The summed E-state index contributed by atoms with van der Waals surface area (Å²) in [6.07, 6.45) is 16.5. The topological polar surface area (TPSA) is 35.5 Å². The van der Waals surface area contributed by atoms with E-state index in [-0.39, 0.29) is 12.1 Å². The fraction of sp³-hybridized carbons (Fsp3) is 0.731. The van der Waals surface area contributed by atoms with Gasteiger partial charge in [-0.25, -0.2) is 0 Å². The van der Waals surface area contributed by atoms with Gasteiger partial charge in [0.1, 0.15) is 11.9 Å². The van der Waals surface area contributed by atoms with Gasteiger partial charge in [0.25, 0.3) is 0 Å². The first-order valence-electron chi connectivity index (χ1n) is 12.2. The van der Waals surface area contributed by atoms with Gasteiger partial charge in [-0.3, -0.25) is 4.79 Å². The molecule has 0 aromatic heterocycles. The first-order chi connectivity index (χ1) is 14.2. The van der Waals surface area contributed by atoms with Gasteiger partial charge in [0.2, 0.25) is 0 Å². The van der Waals surface area contributed by atoms with Crippen molar-refractivity contribution in [3.63, 3.8) is 0 Å². The van der Waals surface area contributed by atoms with Gasteiger partial charge in [-0.2, -0.15) is 0 Å². The van der Waals surface area contributed by atoms with Crippen LogP contribution < -0.4 is 4.74 Å². The Morgan fingerprint density at radius 3 is 2.14 bits per heavy atom. The minimum Gasteiger partial charge on any atom is -0.494 e. The molecule has 3 heteroatoms. The molecule has 0 heterocycles. The first kappa shape index (κ1) is 23.8. The van der Waals surface area contributed by atoms with E-state index in [0.717, 1.165) is 37.9 Å². The zero-order valence-electron chi connectivity index (χ0n) is 18.8. The molecule has 0 unspecified atom stereocenters. The summed E-state index contributed by atoms with van der Waals surface area (Å²) in [5.74, 6) is 1.23. The lowest BCUT2D eigenvalue weighted by molar-refractivity contribution is -0.151. The molecule has 164 valence electrons. The number of carbonyl (C=O) groups excluding carboxylic acids is 1. The zero-order chi connectivity index (χ0) is 20.7. The van der Waals surface area contributed by atoms with E-state index in [1.54, 1.807) is 0 Å². The normalized spacial score (nSPS) is 19.1. The van der Waals surface area contributed by atoms with Gasteiger partial charge >= 0.3 is 5.97 Å². The molecular weight excluding hydrogens is 360 g/mol. The van der Waals surface area contributed by atoms with Crippen LogP contribution in [0.1, 0.15) is 115 Å². The Labute approximate surface area is 178 Å². The summed E-state index contributed by atoms with van der Waals surface area (Å²) in [7, 11) is 0. The van der Waals surface area contributed by atoms with Crippen LogP contribution in [0.2, 0.25) is 0 Å². The number of hydrogen-bond donors (Lipinski definition) is 0. The highest BCUT2D eigenvalue weighted by atomic mass is 16.5. The van der Waals surface area contributed by atoms with Gasteiger partial charge in [0.15, 0.2) is 0 Å². The van der Waals surface area contributed by atoms with E-state index < -0.39 is 0 Å². The van der Waals surface area contributed by atoms with Crippen molar-refractivity contribution in [2.24, 2.45) is 0 Å². The van der Waals surface area contributed by atoms with Crippen molar-refractivity contribution < 1.29 is 14.3 Å². The van der Waals surface area contributed by atoms with Crippen molar-refractivity contribution in [1.29, 1.82) is 0 Å². The Morgan fingerprint density at radius 2 is 1.48 bits per heavy atom. The van der Waals surface area contributed by atoms with Crippen molar-refractivity contribution in [1.82, 2.24) is 0 Å². The molecule has 0 radical (unpaired) electrons. The number of unbranched alkanes of at least 4 members (excludes halogenated alkanes) is 8. The molecule has 3 nitrogen and oxygen atoms in total. The summed E-state index contributed by atoms with van der Waals surface area (Å²) in [6, 6.07) is 8.35. The SMILES string of the molecule is CCCCCCCCCCCC(=O)O[C@@H]1CCCC[C@H]1c1ccc(OCC)cc1. The predicted octanol–water partition coefficient (Wildman–Crippen LogP) is 7.58. The monoisotopic (exact) mass is 402 g/mol. The Hall–Kier alpha value is -1.51. The van der Waals surface area contributed by atoms with E-state index in [0.29, 0.717) is 18.9 Å². The molecule has 29 heavy (non-hydrogen) atoms. The van der Waals surface area contributed by atoms with Gasteiger partial charge < -0.3 is 9.47 Å². The molecule has 1 aliphatic rings. The van der Waals surface area contributed by atoms with E-state index in [1.807, 2.05) is 19.1 Å². The Morgan fingerprint density at radius 1 is 0.862 bits per heavy atom. The van der Waals surface area contributed by atoms with Crippen molar-refractivity contribution >= 4 is 5.97 Å². The van der Waals surface area contributed by atoms with Crippen LogP contribution in [0.25, 0.3) is 0 Å². The van der Waals surface area contributed by atoms with Crippen molar-refractivity contribution in [3.05, 3.63) is 29.8 Å². The third-order valence-corrected chi connectivity index (χ3v) is 6.09. The lowest BCUT2D eigenvalue weighted by Gasteiger charge is -2.31.